The molecular weight excluding hydrogens is 528 g/mol. The Morgan fingerprint density at radius 3 is 2.02 bits per heavy atom. The number of aromatic nitrogens is 1. The number of ether oxygens (including phenoxy) is 2. The Morgan fingerprint density at radius 1 is 0.714 bits per heavy atom. The van der Waals surface area contributed by atoms with Crippen molar-refractivity contribution in [1.82, 2.24) is 4.98 Å². The molecule has 0 aliphatic carbocycles. The zero-order valence-corrected chi connectivity index (χ0v) is 23.0. The molecule has 0 unspecified atom stereocenters. The fourth-order valence-corrected chi connectivity index (χ4v) is 4.90. The van der Waals surface area contributed by atoms with Crippen molar-refractivity contribution in [1.29, 1.82) is 0 Å². The SMILES string of the molecule is C1=[N+](c2ccccc2)COc2c1cccc2-c1cccnc1.Cc1cccc2c1OC[N+](c1ccc([N+](=O)[O-])cc1)=C2. The molecule has 0 spiro atoms. The molecule has 0 radical (unpaired) electrons. The van der Waals surface area contributed by atoms with E-state index in [1.54, 1.807) is 18.3 Å². The molecule has 206 valence electrons. The van der Waals surface area contributed by atoms with Crippen LogP contribution in [0, 0.1) is 17.0 Å². The van der Waals surface area contributed by atoms with Gasteiger partial charge in [0.2, 0.25) is 11.4 Å². The minimum Gasteiger partial charge on any atom is -0.435 e. The number of hydrogen-bond donors (Lipinski definition) is 0. The summed E-state index contributed by atoms with van der Waals surface area (Å²) in [6, 6.07) is 32.8. The maximum atomic E-state index is 10.6. The molecule has 42 heavy (non-hydrogen) atoms. The van der Waals surface area contributed by atoms with Gasteiger partial charge in [0.1, 0.15) is 11.5 Å². The molecule has 4 aromatic carbocycles. The van der Waals surface area contributed by atoms with Gasteiger partial charge in [-0.15, -0.1) is 0 Å². The average molecular weight is 557 g/mol. The molecule has 0 saturated carbocycles. The lowest BCUT2D eigenvalue weighted by molar-refractivity contribution is -0.476. The quantitative estimate of drug-likeness (QED) is 0.137. The number of nitrogens with zero attached hydrogens (tertiary/aromatic N) is 4. The smallest absolute Gasteiger partial charge is 0.292 e. The van der Waals surface area contributed by atoms with E-state index in [9.17, 15) is 10.1 Å². The third kappa shape index (κ3) is 5.64. The highest BCUT2D eigenvalue weighted by Gasteiger charge is 2.22. The van der Waals surface area contributed by atoms with Crippen molar-refractivity contribution in [2.45, 2.75) is 6.92 Å². The summed E-state index contributed by atoms with van der Waals surface area (Å²) in [5.41, 5.74) is 7.41. The number of nitro benzene ring substituents is 1. The van der Waals surface area contributed by atoms with Gasteiger partial charge in [-0.25, -0.2) is 0 Å². The molecule has 2 aliphatic rings. The van der Waals surface area contributed by atoms with Gasteiger partial charge in [0, 0.05) is 59.9 Å². The molecule has 0 saturated heterocycles. The Hall–Kier alpha value is -5.63. The van der Waals surface area contributed by atoms with Crippen LogP contribution < -0.4 is 9.47 Å². The maximum Gasteiger partial charge on any atom is 0.292 e. The second-order valence-corrected chi connectivity index (χ2v) is 9.81. The molecule has 8 heteroatoms. The van der Waals surface area contributed by atoms with E-state index in [0.717, 1.165) is 50.7 Å². The van der Waals surface area contributed by atoms with Gasteiger partial charge in [0.15, 0.2) is 12.4 Å². The monoisotopic (exact) mass is 556 g/mol. The molecule has 8 nitrogen and oxygen atoms in total. The molecule has 5 aromatic rings. The lowest BCUT2D eigenvalue weighted by Crippen LogP contribution is -2.21. The van der Waals surface area contributed by atoms with Crippen LogP contribution in [0.25, 0.3) is 11.1 Å². The van der Waals surface area contributed by atoms with E-state index < -0.39 is 4.92 Å². The first-order valence-electron chi connectivity index (χ1n) is 13.5. The lowest BCUT2D eigenvalue weighted by atomic mass is 10.0. The van der Waals surface area contributed by atoms with Crippen molar-refractivity contribution in [2.75, 3.05) is 13.5 Å². The summed E-state index contributed by atoms with van der Waals surface area (Å²) in [5, 5.41) is 10.6. The van der Waals surface area contributed by atoms with Crippen LogP contribution in [0.15, 0.2) is 116 Å². The Morgan fingerprint density at radius 2 is 1.36 bits per heavy atom. The van der Waals surface area contributed by atoms with Crippen molar-refractivity contribution in [3.8, 4) is 22.6 Å². The molecule has 7 rings (SSSR count). The number of rotatable bonds is 4. The van der Waals surface area contributed by atoms with Gasteiger partial charge >= 0.3 is 0 Å². The predicted octanol–water partition coefficient (Wildman–Crippen LogP) is 6.88. The number of hydrogen-bond acceptors (Lipinski definition) is 5. The number of pyridine rings is 1. The van der Waals surface area contributed by atoms with E-state index in [2.05, 4.69) is 52.2 Å². The van der Waals surface area contributed by atoms with Gasteiger partial charge in [-0.3, -0.25) is 15.1 Å². The fourth-order valence-electron chi connectivity index (χ4n) is 4.90. The Labute approximate surface area is 243 Å². The first-order chi connectivity index (χ1) is 20.6. The topological polar surface area (TPSA) is 80.5 Å². The summed E-state index contributed by atoms with van der Waals surface area (Å²) < 4.78 is 15.8. The van der Waals surface area contributed by atoms with Crippen molar-refractivity contribution in [3.63, 3.8) is 0 Å². The Balaban J connectivity index is 0.000000151. The highest BCUT2D eigenvalue weighted by atomic mass is 16.6. The van der Waals surface area contributed by atoms with Crippen molar-refractivity contribution in [2.24, 2.45) is 0 Å². The Bertz CT molecular complexity index is 1800. The summed E-state index contributed by atoms with van der Waals surface area (Å²) >= 11 is 0. The normalized spacial score (nSPS) is 13.1. The molecule has 0 bridgehead atoms. The number of non-ortho nitro benzene ring substituents is 1. The zero-order chi connectivity index (χ0) is 28.9. The molecular formula is C34H28N4O4+2. The standard InChI is InChI=1S/C19H15N2O.C15H13N2O3/c1-2-8-17(9-3-1)21-13-16-6-4-10-18(19(16)22-14-21)15-7-5-11-20-12-15;1-11-3-2-4-12-9-16(10-20-15(11)12)13-5-7-14(8-6-13)17(18)19/h1-13H,14H2;2-9H,10H2,1H3/q2*+1. The van der Waals surface area contributed by atoms with Crippen molar-refractivity contribution in [3.05, 3.63) is 142 Å². The lowest BCUT2D eigenvalue weighted by Gasteiger charge is -2.16. The van der Waals surface area contributed by atoms with Gasteiger partial charge in [0.25, 0.3) is 19.1 Å². The summed E-state index contributed by atoms with van der Waals surface area (Å²) in [5.74, 6) is 1.81. The molecule has 0 N–H and O–H groups in total. The van der Waals surface area contributed by atoms with Crippen molar-refractivity contribution < 1.29 is 23.5 Å². The number of nitro groups is 1. The van der Waals surface area contributed by atoms with E-state index in [1.165, 1.54) is 12.1 Å². The van der Waals surface area contributed by atoms with Crippen LogP contribution >= 0.6 is 0 Å². The van der Waals surface area contributed by atoms with E-state index >= 15 is 0 Å². The van der Waals surface area contributed by atoms with Crippen LogP contribution in [0.3, 0.4) is 0 Å². The molecule has 0 amide bonds. The van der Waals surface area contributed by atoms with E-state index in [-0.39, 0.29) is 5.69 Å². The van der Waals surface area contributed by atoms with Crippen LogP contribution in [0.1, 0.15) is 16.7 Å². The number of aryl methyl sites for hydroxylation is 1. The molecule has 0 fully saturated rings. The van der Waals surface area contributed by atoms with Crippen LogP contribution in [-0.2, 0) is 0 Å². The predicted molar refractivity (Wildman–Crippen MR) is 162 cm³/mol. The molecule has 2 aliphatic heterocycles. The van der Waals surface area contributed by atoms with Crippen LogP contribution in [0.2, 0.25) is 0 Å². The van der Waals surface area contributed by atoms with E-state index in [1.807, 2.05) is 66.4 Å². The first kappa shape index (κ1) is 26.6. The summed E-state index contributed by atoms with van der Waals surface area (Å²) in [6.07, 6.45) is 7.77. The summed E-state index contributed by atoms with van der Waals surface area (Å²) in [7, 11) is 0. The van der Waals surface area contributed by atoms with Gasteiger partial charge in [-0.1, -0.05) is 48.5 Å². The average Bonchev–Trinajstić information content (AvgIpc) is 3.05. The summed E-state index contributed by atoms with van der Waals surface area (Å²) in [4.78, 5) is 14.4. The minimum atomic E-state index is -0.404. The number of para-hydroxylation sites is 3. The third-order valence-electron chi connectivity index (χ3n) is 7.03. The third-order valence-corrected chi connectivity index (χ3v) is 7.03. The van der Waals surface area contributed by atoms with E-state index in [0.29, 0.717) is 13.5 Å². The fraction of sp³-hybridized carbons (Fsp3) is 0.0882. The van der Waals surface area contributed by atoms with Gasteiger partial charge < -0.3 is 9.47 Å². The maximum absolute atomic E-state index is 10.6. The minimum absolute atomic E-state index is 0.0860. The first-order valence-corrected chi connectivity index (χ1v) is 13.5. The highest BCUT2D eigenvalue weighted by molar-refractivity contribution is 5.87. The highest BCUT2D eigenvalue weighted by Crippen LogP contribution is 2.34. The second kappa shape index (κ2) is 11.9. The Kier molecular flexibility index (Phi) is 7.50. The summed E-state index contributed by atoms with van der Waals surface area (Å²) in [6.45, 7) is 2.91. The number of fused-ring (bicyclic) bond motifs is 2. The molecule has 0 atom stereocenters. The van der Waals surface area contributed by atoms with Crippen molar-refractivity contribution >= 4 is 29.5 Å². The van der Waals surface area contributed by atoms with Gasteiger partial charge in [-0.2, -0.15) is 9.15 Å². The second-order valence-electron chi connectivity index (χ2n) is 9.81. The molecule has 1 aromatic heterocycles. The van der Waals surface area contributed by atoms with Crippen LogP contribution in [0.5, 0.6) is 11.5 Å². The zero-order valence-electron chi connectivity index (χ0n) is 23.0. The van der Waals surface area contributed by atoms with Crippen LogP contribution in [0.4, 0.5) is 17.1 Å². The van der Waals surface area contributed by atoms with E-state index in [4.69, 9.17) is 9.47 Å². The molecule has 3 heterocycles. The largest absolute Gasteiger partial charge is 0.435 e. The van der Waals surface area contributed by atoms with Gasteiger partial charge in [-0.05, 0) is 30.7 Å². The van der Waals surface area contributed by atoms with Crippen LogP contribution in [-0.4, -0.2) is 44.9 Å². The van der Waals surface area contributed by atoms with Gasteiger partial charge in [0.05, 0.1) is 16.1 Å². The number of benzene rings is 4.